The third-order valence-electron chi connectivity index (χ3n) is 4.41. The summed E-state index contributed by atoms with van der Waals surface area (Å²) in [5, 5.41) is 0.0314. The van der Waals surface area contributed by atoms with Crippen LogP contribution in [0.4, 0.5) is 17.6 Å². The van der Waals surface area contributed by atoms with Crippen molar-refractivity contribution in [1.29, 1.82) is 0 Å². The molecule has 2 unspecified atom stereocenters. The molecule has 1 heterocycles. The molecule has 0 saturated carbocycles. The second-order valence-corrected chi connectivity index (χ2v) is 8.63. The van der Waals surface area contributed by atoms with Gasteiger partial charge in [-0.3, -0.25) is 0 Å². The van der Waals surface area contributed by atoms with Crippen molar-refractivity contribution in [2.24, 2.45) is 0 Å². The Balaban J connectivity index is 1.78. The number of hydrogen-bond acceptors (Lipinski definition) is 2. The van der Waals surface area contributed by atoms with Crippen LogP contribution in [0.2, 0.25) is 5.02 Å². The molecule has 0 aliphatic carbocycles. The van der Waals surface area contributed by atoms with Crippen LogP contribution in [0.25, 0.3) is 0 Å². The Kier molecular flexibility index (Phi) is 5.56. The van der Waals surface area contributed by atoms with E-state index >= 15 is 0 Å². The molecule has 1 nitrogen and oxygen atoms in total. The summed E-state index contributed by atoms with van der Waals surface area (Å²) >= 11 is 7.27. The molecule has 26 heavy (non-hydrogen) atoms. The van der Waals surface area contributed by atoms with E-state index in [-0.39, 0.29) is 15.9 Å². The van der Waals surface area contributed by atoms with Gasteiger partial charge in [-0.15, -0.1) is 11.8 Å². The molecule has 0 amide bonds. The highest BCUT2D eigenvalue weighted by molar-refractivity contribution is 8.00. The lowest BCUT2D eigenvalue weighted by Crippen LogP contribution is -2.31. The molecule has 1 aliphatic heterocycles. The van der Waals surface area contributed by atoms with E-state index in [1.54, 1.807) is 18.2 Å². The Morgan fingerprint density at radius 2 is 1.96 bits per heavy atom. The SMILES string of the molecule is CC1(Sc2cccc(C(F)(F)F)c2)CCOC(c2ccc(F)c(Cl)c2)C1. The maximum atomic E-state index is 13.4. The summed E-state index contributed by atoms with van der Waals surface area (Å²) in [5.74, 6) is -0.493. The molecule has 3 rings (SSSR count). The third-order valence-corrected chi connectivity index (χ3v) is 6.05. The molecule has 1 fully saturated rings. The second kappa shape index (κ2) is 7.41. The number of hydrogen-bond donors (Lipinski definition) is 0. The molecule has 0 spiro atoms. The van der Waals surface area contributed by atoms with Crippen LogP contribution in [-0.2, 0) is 10.9 Å². The van der Waals surface area contributed by atoms with Gasteiger partial charge in [0.25, 0.3) is 0 Å². The van der Waals surface area contributed by atoms with E-state index in [1.165, 1.54) is 30.0 Å². The fourth-order valence-electron chi connectivity index (χ4n) is 3.01. The number of benzene rings is 2. The van der Waals surface area contributed by atoms with Crippen LogP contribution >= 0.6 is 23.4 Å². The molecule has 0 N–H and O–H groups in total. The topological polar surface area (TPSA) is 9.23 Å². The van der Waals surface area contributed by atoms with Crippen molar-refractivity contribution in [3.8, 4) is 0 Å². The summed E-state index contributed by atoms with van der Waals surface area (Å²) in [7, 11) is 0. The molecule has 2 aromatic rings. The van der Waals surface area contributed by atoms with Crippen LogP contribution < -0.4 is 0 Å². The molecule has 1 saturated heterocycles. The monoisotopic (exact) mass is 404 g/mol. The lowest BCUT2D eigenvalue weighted by atomic mass is 9.92. The number of halogens is 5. The molecular weight excluding hydrogens is 388 g/mol. The van der Waals surface area contributed by atoms with Gasteiger partial charge in [-0.25, -0.2) is 4.39 Å². The quantitative estimate of drug-likeness (QED) is 0.514. The van der Waals surface area contributed by atoms with Crippen molar-refractivity contribution in [2.75, 3.05) is 6.61 Å². The summed E-state index contributed by atoms with van der Waals surface area (Å²) < 4.78 is 57.6. The average Bonchev–Trinajstić information content (AvgIpc) is 2.56. The summed E-state index contributed by atoms with van der Waals surface area (Å²) in [4.78, 5) is 0.570. The van der Waals surface area contributed by atoms with Gasteiger partial charge in [0, 0.05) is 16.2 Å². The second-order valence-electron chi connectivity index (χ2n) is 6.56. The minimum Gasteiger partial charge on any atom is -0.373 e. The van der Waals surface area contributed by atoms with Crippen LogP contribution in [0, 0.1) is 5.82 Å². The maximum absolute atomic E-state index is 13.4. The number of rotatable bonds is 3. The fourth-order valence-corrected chi connectivity index (χ4v) is 4.52. The highest BCUT2D eigenvalue weighted by Crippen LogP contribution is 2.46. The van der Waals surface area contributed by atoms with Gasteiger partial charge < -0.3 is 4.74 Å². The van der Waals surface area contributed by atoms with Gasteiger partial charge in [0.15, 0.2) is 0 Å². The molecule has 0 bridgehead atoms. The summed E-state index contributed by atoms with van der Waals surface area (Å²) in [5.41, 5.74) is 0.118. The lowest BCUT2D eigenvalue weighted by molar-refractivity contribution is -0.137. The molecule has 1 aliphatic rings. The minimum atomic E-state index is -4.36. The van der Waals surface area contributed by atoms with Gasteiger partial charge >= 0.3 is 6.18 Å². The maximum Gasteiger partial charge on any atom is 0.416 e. The zero-order valence-electron chi connectivity index (χ0n) is 13.9. The van der Waals surface area contributed by atoms with E-state index < -0.39 is 17.6 Å². The molecule has 2 atom stereocenters. The minimum absolute atomic E-state index is 0.0314. The molecule has 7 heteroatoms. The molecular formula is C19H17ClF4OS. The van der Waals surface area contributed by atoms with E-state index in [4.69, 9.17) is 16.3 Å². The van der Waals surface area contributed by atoms with Gasteiger partial charge in [-0.05, 0) is 55.7 Å². The van der Waals surface area contributed by atoms with E-state index in [0.29, 0.717) is 24.3 Å². The van der Waals surface area contributed by atoms with E-state index in [0.717, 1.165) is 11.6 Å². The van der Waals surface area contributed by atoms with Crippen molar-refractivity contribution in [2.45, 2.75) is 41.7 Å². The molecule has 0 radical (unpaired) electrons. The normalized spacial score (nSPS) is 23.8. The molecule has 2 aromatic carbocycles. The van der Waals surface area contributed by atoms with Gasteiger partial charge in [0.1, 0.15) is 5.82 Å². The first-order valence-corrected chi connectivity index (χ1v) is 9.29. The fraction of sp³-hybridized carbons (Fsp3) is 0.368. The van der Waals surface area contributed by atoms with E-state index in [9.17, 15) is 17.6 Å². The first kappa shape index (κ1) is 19.5. The van der Waals surface area contributed by atoms with E-state index in [1.807, 2.05) is 6.92 Å². The largest absolute Gasteiger partial charge is 0.416 e. The Morgan fingerprint density at radius 1 is 1.19 bits per heavy atom. The van der Waals surface area contributed by atoms with Gasteiger partial charge in [-0.2, -0.15) is 13.2 Å². The van der Waals surface area contributed by atoms with Crippen molar-refractivity contribution in [3.05, 3.63) is 64.4 Å². The summed E-state index contributed by atoms with van der Waals surface area (Å²) in [6.07, 6.45) is -3.33. The zero-order valence-corrected chi connectivity index (χ0v) is 15.5. The first-order valence-electron chi connectivity index (χ1n) is 8.09. The van der Waals surface area contributed by atoms with Crippen molar-refractivity contribution < 1.29 is 22.3 Å². The van der Waals surface area contributed by atoms with Gasteiger partial charge in [0.2, 0.25) is 0 Å². The third kappa shape index (κ3) is 4.53. The smallest absolute Gasteiger partial charge is 0.373 e. The number of alkyl halides is 3. The number of thioether (sulfide) groups is 1. The van der Waals surface area contributed by atoms with Crippen molar-refractivity contribution >= 4 is 23.4 Å². The average molecular weight is 405 g/mol. The predicted octanol–water partition coefficient (Wildman–Crippen LogP) is 6.90. The first-order chi connectivity index (χ1) is 12.2. The summed E-state index contributed by atoms with van der Waals surface area (Å²) in [6.45, 7) is 2.49. The van der Waals surface area contributed by atoms with Crippen LogP contribution in [0.3, 0.4) is 0 Å². The van der Waals surface area contributed by atoms with Gasteiger partial charge in [0.05, 0.1) is 16.7 Å². The van der Waals surface area contributed by atoms with Crippen LogP contribution in [0.5, 0.6) is 0 Å². The number of ether oxygens (including phenoxy) is 1. The molecule has 0 aromatic heterocycles. The van der Waals surface area contributed by atoms with Crippen LogP contribution in [-0.4, -0.2) is 11.4 Å². The van der Waals surface area contributed by atoms with Crippen LogP contribution in [0.1, 0.15) is 37.0 Å². The highest BCUT2D eigenvalue weighted by Gasteiger charge is 2.36. The van der Waals surface area contributed by atoms with E-state index in [2.05, 4.69) is 0 Å². The summed E-state index contributed by atoms with van der Waals surface area (Å²) in [6, 6.07) is 9.83. The van der Waals surface area contributed by atoms with Crippen molar-refractivity contribution in [3.63, 3.8) is 0 Å². The van der Waals surface area contributed by atoms with Crippen molar-refractivity contribution in [1.82, 2.24) is 0 Å². The highest BCUT2D eigenvalue weighted by atomic mass is 35.5. The van der Waals surface area contributed by atoms with Gasteiger partial charge in [-0.1, -0.05) is 23.7 Å². The lowest BCUT2D eigenvalue weighted by Gasteiger charge is -2.38. The Morgan fingerprint density at radius 3 is 2.65 bits per heavy atom. The Hall–Kier alpha value is -1.24. The standard InChI is InChI=1S/C19H17ClF4OS/c1-18(26-14-4-2-3-13(10-14)19(22,23)24)7-8-25-17(11-18)12-5-6-16(21)15(20)9-12/h2-6,9-10,17H,7-8,11H2,1H3. The Bertz CT molecular complexity index is 795. The Labute approximate surface area is 158 Å². The van der Waals surface area contributed by atoms with Crippen LogP contribution in [0.15, 0.2) is 47.4 Å². The predicted molar refractivity (Wildman–Crippen MR) is 95.0 cm³/mol. The zero-order chi connectivity index (χ0) is 18.9. The molecule has 140 valence electrons.